The number of fused-ring (bicyclic) bond motifs is 14. The van der Waals surface area contributed by atoms with E-state index in [1.165, 1.54) is 59.8 Å². The molecule has 0 amide bonds. The second-order valence-corrected chi connectivity index (χ2v) is 17.7. The molecule has 0 aliphatic carbocycles. The van der Waals surface area contributed by atoms with Crippen LogP contribution in [-0.2, 0) is 0 Å². The summed E-state index contributed by atoms with van der Waals surface area (Å²) >= 11 is 0. The van der Waals surface area contributed by atoms with Gasteiger partial charge >= 0.3 is 0 Å². The lowest BCUT2D eigenvalue weighted by molar-refractivity contribution is 0.646. The average molecular weight is 855 g/mol. The molecule has 15 aromatic rings. The normalized spacial score (nSPS) is 12.2. The maximum atomic E-state index is 6.97. The van der Waals surface area contributed by atoms with E-state index in [1.54, 1.807) is 0 Å². The molecule has 0 unspecified atom stereocenters. The van der Waals surface area contributed by atoms with Crippen LogP contribution in [0.4, 0.5) is 0 Å². The molecule has 0 bridgehead atoms. The Bertz CT molecular complexity index is 4220. The molecular formula is C62H38N4O. The Morgan fingerprint density at radius 3 is 1.16 bits per heavy atom. The molecular weight excluding hydrogens is 817 g/mol. The van der Waals surface area contributed by atoms with E-state index >= 15 is 0 Å². The number of furan rings is 1. The largest absolute Gasteiger partial charge is 0.438 e. The lowest BCUT2D eigenvalue weighted by atomic mass is 10.0. The minimum absolute atomic E-state index is 0.859. The highest BCUT2D eigenvalue weighted by Crippen LogP contribution is 2.44. The van der Waals surface area contributed by atoms with Crippen molar-refractivity contribution in [2.45, 2.75) is 0 Å². The Hall–Kier alpha value is -9.06. The zero-order chi connectivity index (χ0) is 43.7. The number of benzene rings is 10. The van der Waals surface area contributed by atoms with Crippen LogP contribution in [-0.4, -0.2) is 18.3 Å². The predicted molar refractivity (Wildman–Crippen MR) is 279 cm³/mol. The van der Waals surface area contributed by atoms with Crippen LogP contribution < -0.4 is 0 Å². The van der Waals surface area contributed by atoms with Gasteiger partial charge in [-0.05, 0) is 96.6 Å². The van der Waals surface area contributed by atoms with Crippen LogP contribution in [0.25, 0.3) is 132 Å². The van der Waals surface area contributed by atoms with Crippen LogP contribution in [0, 0.1) is 0 Å². The fourth-order valence-corrected chi connectivity index (χ4v) is 11.3. The summed E-state index contributed by atoms with van der Waals surface area (Å²) in [7, 11) is 0. The van der Waals surface area contributed by atoms with Gasteiger partial charge in [-0.1, -0.05) is 140 Å². The third kappa shape index (κ3) is 5.08. The van der Waals surface area contributed by atoms with Crippen molar-refractivity contribution in [3.8, 4) is 33.9 Å². The van der Waals surface area contributed by atoms with Gasteiger partial charge in [0.2, 0.25) is 5.71 Å². The average Bonchev–Trinajstić information content (AvgIpc) is 4.19. The lowest BCUT2D eigenvalue weighted by Crippen LogP contribution is -1.96. The molecule has 0 atom stereocenters. The summed E-state index contributed by atoms with van der Waals surface area (Å²) in [5, 5.41) is 10.8. The molecule has 5 heteroatoms. The molecule has 0 spiro atoms. The minimum Gasteiger partial charge on any atom is -0.438 e. The molecule has 5 nitrogen and oxygen atoms in total. The molecule has 0 saturated carbocycles. The zero-order valence-corrected chi connectivity index (χ0v) is 36.1. The summed E-state index contributed by atoms with van der Waals surface area (Å²) in [6, 6.07) is 83.6. The highest BCUT2D eigenvalue weighted by Gasteiger charge is 2.22. The summed E-state index contributed by atoms with van der Waals surface area (Å²) in [6.07, 6.45) is 0. The number of hydrogen-bond donors (Lipinski definition) is 0. The van der Waals surface area contributed by atoms with E-state index in [9.17, 15) is 0 Å². The van der Waals surface area contributed by atoms with Gasteiger partial charge in [0.25, 0.3) is 0 Å². The van der Waals surface area contributed by atoms with Gasteiger partial charge in [0.1, 0.15) is 5.58 Å². The summed E-state index contributed by atoms with van der Waals surface area (Å²) in [5.41, 5.74) is 16.6. The monoisotopic (exact) mass is 854 g/mol. The highest BCUT2D eigenvalue weighted by atomic mass is 16.3. The van der Waals surface area contributed by atoms with E-state index in [1.807, 2.05) is 0 Å². The number of hydrogen-bond acceptors (Lipinski definition) is 1. The van der Waals surface area contributed by atoms with Crippen LogP contribution in [0.15, 0.2) is 235 Å². The molecule has 67 heavy (non-hydrogen) atoms. The Balaban J connectivity index is 0.935. The van der Waals surface area contributed by atoms with E-state index in [0.717, 1.165) is 72.5 Å². The van der Waals surface area contributed by atoms with Crippen molar-refractivity contribution in [1.82, 2.24) is 18.3 Å². The van der Waals surface area contributed by atoms with E-state index < -0.39 is 0 Å². The van der Waals surface area contributed by atoms with Crippen LogP contribution in [0.3, 0.4) is 0 Å². The quantitative estimate of drug-likeness (QED) is 0.170. The smallest absolute Gasteiger partial charge is 0.213 e. The predicted octanol–water partition coefficient (Wildman–Crippen LogP) is 16.5. The summed E-state index contributed by atoms with van der Waals surface area (Å²) < 4.78 is 16.5. The Morgan fingerprint density at radius 2 is 0.642 bits per heavy atom. The van der Waals surface area contributed by atoms with E-state index in [-0.39, 0.29) is 0 Å². The molecule has 5 aromatic heterocycles. The second kappa shape index (κ2) is 13.7. The molecule has 15 rings (SSSR count). The second-order valence-electron chi connectivity index (χ2n) is 17.7. The van der Waals surface area contributed by atoms with Crippen LogP contribution in [0.2, 0.25) is 0 Å². The number of rotatable bonds is 5. The van der Waals surface area contributed by atoms with Crippen LogP contribution >= 0.6 is 0 Å². The Labute approximate surface area is 383 Å². The van der Waals surface area contributed by atoms with Gasteiger partial charge in [0.05, 0.1) is 44.0 Å². The molecule has 0 aliphatic heterocycles. The van der Waals surface area contributed by atoms with Crippen molar-refractivity contribution < 1.29 is 4.42 Å². The number of aromatic nitrogens is 4. The third-order valence-corrected chi connectivity index (χ3v) is 14.2. The van der Waals surface area contributed by atoms with E-state index in [2.05, 4.69) is 249 Å². The van der Waals surface area contributed by atoms with Crippen molar-refractivity contribution in [3.05, 3.63) is 231 Å². The van der Waals surface area contributed by atoms with Gasteiger partial charge in [-0.3, -0.25) is 4.57 Å². The van der Waals surface area contributed by atoms with Crippen LogP contribution in [0.5, 0.6) is 0 Å². The molecule has 0 radical (unpaired) electrons. The molecule has 0 N–H and O–H groups in total. The van der Waals surface area contributed by atoms with Crippen molar-refractivity contribution in [1.29, 1.82) is 0 Å². The van der Waals surface area contributed by atoms with Crippen LogP contribution in [0.1, 0.15) is 0 Å². The first-order valence-electron chi connectivity index (χ1n) is 22.9. The fraction of sp³-hybridized carbons (Fsp3) is 0. The summed E-state index contributed by atoms with van der Waals surface area (Å²) in [4.78, 5) is 0. The Morgan fingerprint density at radius 1 is 0.254 bits per heavy atom. The van der Waals surface area contributed by atoms with E-state index in [4.69, 9.17) is 4.42 Å². The molecule has 10 aromatic carbocycles. The van der Waals surface area contributed by atoms with Crippen molar-refractivity contribution in [2.75, 3.05) is 0 Å². The van der Waals surface area contributed by atoms with Crippen molar-refractivity contribution in [3.63, 3.8) is 0 Å². The van der Waals surface area contributed by atoms with Gasteiger partial charge in [-0.25, -0.2) is 0 Å². The first-order valence-corrected chi connectivity index (χ1v) is 22.9. The minimum atomic E-state index is 0.859. The van der Waals surface area contributed by atoms with Gasteiger partial charge < -0.3 is 18.1 Å². The summed E-state index contributed by atoms with van der Waals surface area (Å²) in [5.74, 6) is 0. The molecule has 312 valence electrons. The van der Waals surface area contributed by atoms with Gasteiger partial charge in [0.15, 0.2) is 0 Å². The SMILES string of the molecule is c1ccc(-n2c3ccccc3c3c4cccc(-c5ccc(-n6c7ccc(-n8c9ccccc9c9ccccc98)cc7c7cc(-n8c9ccccc9c9ccccc98)ccc76)cc5)c4oc32)cc1. The maximum absolute atomic E-state index is 6.97. The molecule has 0 fully saturated rings. The zero-order valence-electron chi connectivity index (χ0n) is 36.1. The maximum Gasteiger partial charge on any atom is 0.213 e. The number of nitrogens with zero attached hydrogens (tertiary/aromatic N) is 4. The van der Waals surface area contributed by atoms with Gasteiger partial charge in [-0.2, -0.15) is 0 Å². The summed E-state index contributed by atoms with van der Waals surface area (Å²) in [6.45, 7) is 0. The fourth-order valence-electron chi connectivity index (χ4n) is 11.3. The highest BCUT2D eigenvalue weighted by molar-refractivity contribution is 6.22. The Kier molecular flexibility index (Phi) is 7.44. The number of para-hydroxylation sites is 7. The molecule has 0 saturated heterocycles. The molecule has 0 aliphatic rings. The van der Waals surface area contributed by atoms with Gasteiger partial charge in [0, 0.05) is 71.4 Å². The standard InChI is InChI=1S/C62H38N4O/c1-2-15-40(16-3-1)66-57-28-13-8-21-49(57)60-50-23-14-22-44(61(50)67-62(60)66)39-29-31-41(32-30-39)63-58-35-33-42(64-53-24-9-4-17-45(53)46-18-5-10-25-54(46)64)37-51(58)52-38-43(34-36-59(52)63)65-55-26-11-6-19-47(55)48-20-7-12-27-56(48)65/h1-38H. The molecule has 5 heterocycles. The van der Waals surface area contributed by atoms with Crippen molar-refractivity contribution >= 4 is 98.4 Å². The lowest BCUT2D eigenvalue weighted by Gasteiger charge is -2.12. The first kappa shape index (κ1) is 36.3. The topological polar surface area (TPSA) is 32.9 Å². The van der Waals surface area contributed by atoms with E-state index in [0.29, 0.717) is 0 Å². The third-order valence-electron chi connectivity index (χ3n) is 14.2. The van der Waals surface area contributed by atoms with Gasteiger partial charge in [-0.15, -0.1) is 0 Å². The first-order chi connectivity index (χ1) is 33.3. The van der Waals surface area contributed by atoms with Crippen molar-refractivity contribution in [2.24, 2.45) is 0 Å².